The van der Waals surface area contributed by atoms with Crippen molar-refractivity contribution in [3.8, 4) is 17.2 Å². The monoisotopic (exact) mass is 435 g/mol. The standard InChI is InChI=1S/C23H26FN7O/c1-13-8-18(24)19(30-22(32)27-7-6-23(3,4)12-25)10-16(13)17-9-15-11-28-21(26-5)31-20(15)29-14(17)2/h8-11H,6-7H2,1-5H3,(H2,27,30,32)(H,26,28,29,31). The van der Waals surface area contributed by atoms with Crippen LogP contribution in [0.15, 0.2) is 24.4 Å². The van der Waals surface area contributed by atoms with E-state index in [1.54, 1.807) is 40.1 Å². The van der Waals surface area contributed by atoms with Gasteiger partial charge in [-0.25, -0.2) is 19.2 Å². The molecule has 0 aliphatic rings. The van der Waals surface area contributed by atoms with Gasteiger partial charge in [-0.1, -0.05) is 0 Å². The number of amides is 2. The van der Waals surface area contributed by atoms with Crippen molar-refractivity contribution < 1.29 is 9.18 Å². The quantitative estimate of drug-likeness (QED) is 0.523. The molecule has 0 aliphatic heterocycles. The van der Waals surface area contributed by atoms with Crippen LogP contribution in [0.4, 0.5) is 20.8 Å². The first kappa shape index (κ1) is 22.9. The summed E-state index contributed by atoms with van der Waals surface area (Å²) in [5.41, 5.74) is 3.05. The molecule has 0 saturated heterocycles. The Morgan fingerprint density at radius 1 is 1.19 bits per heavy atom. The first-order chi connectivity index (χ1) is 15.1. The Hall–Kier alpha value is -3.80. The lowest BCUT2D eigenvalue weighted by Crippen LogP contribution is -2.32. The molecule has 0 fully saturated rings. The number of rotatable bonds is 6. The van der Waals surface area contributed by atoms with E-state index >= 15 is 0 Å². The molecule has 3 rings (SSSR count). The number of urea groups is 1. The van der Waals surface area contributed by atoms with Gasteiger partial charge in [0.25, 0.3) is 0 Å². The highest BCUT2D eigenvalue weighted by Crippen LogP contribution is 2.32. The Morgan fingerprint density at radius 3 is 2.62 bits per heavy atom. The molecule has 32 heavy (non-hydrogen) atoms. The lowest BCUT2D eigenvalue weighted by molar-refractivity contribution is 0.250. The van der Waals surface area contributed by atoms with Crippen LogP contribution in [-0.2, 0) is 0 Å². The molecule has 0 aliphatic carbocycles. The molecule has 0 saturated carbocycles. The maximum atomic E-state index is 14.6. The van der Waals surface area contributed by atoms with Gasteiger partial charge in [0.05, 0.1) is 17.2 Å². The van der Waals surface area contributed by atoms with E-state index < -0.39 is 17.3 Å². The van der Waals surface area contributed by atoms with E-state index in [9.17, 15) is 9.18 Å². The SMILES string of the molecule is CNc1ncc2cc(-c3cc(NC(=O)NCCC(C)(C)C#N)c(F)cc3C)c(C)nc2n1. The van der Waals surface area contributed by atoms with Crippen LogP contribution in [0.5, 0.6) is 0 Å². The van der Waals surface area contributed by atoms with Gasteiger partial charge < -0.3 is 16.0 Å². The zero-order valence-corrected chi connectivity index (χ0v) is 18.8. The maximum absolute atomic E-state index is 14.6. The van der Waals surface area contributed by atoms with Crippen molar-refractivity contribution in [2.24, 2.45) is 5.41 Å². The van der Waals surface area contributed by atoms with Gasteiger partial charge in [-0.3, -0.25) is 0 Å². The average Bonchev–Trinajstić information content (AvgIpc) is 2.74. The van der Waals surface area contributed by atoms with Gasteiger partial charge in [0, 0.05) is 36.4 Å². The van der Waals surface area contributed by atoms with Gasteiger partial charge in [-0.15, -0.1) is 0 Å². The van der Waals surface area contributed by atoms with E-state index in [0.29, 0.717) is 30.1 Å². The molecule has 2 amide bonds. The number of carbonyl (C=O) groups excluding carboxylic acids is 1. The number of nitriles is 1. The molecule has 0 unspecified atom stereocenters. The summed E-state index contributed by atoms with van der Waals surface area (Å²) in [6.07, 6.45) is 2.16. The van der Waals surface area contributed by atoms with Crippen LogP contribution in [0.1, 0.15) is 31.5 Å². The summed E-state index contributed by atoms with van der Waals surface area (Å²) in [4.78, 5) is 25.4. The first-order valence-electron chi connectivity index (χ1n) is 10.2. The minimum Gasteiger partial charge on any atom is -0.357 e. The van der Waals surface area contributed by atoms with Crippen LogP contribution >= 0.6 is 0 Å². The van der Waals surface area contributed by atoms with E-state index in [-0.39, 0.29) is 5.69 Å². The second kappa shape index (κ2) is 9.14. The highest BCUT2D eigenvalue weighted by Gasteiger charge is 2.18. The predicted octanol–water partition coefficient (Wildman–Crippen LogP) is 4.55. The van der Waals surface area contributed by atoms with Gasteiger partial charge in [0.1, 0.15) is 5.82 Å². The number of aromatic nitrogens is 3. The summed E-state index contributed by atoms with van der Waals surface area (Å²) in [5.74, 6) is -0.0575. The van der Waals surface area contributed by atoms with Gasteiger partial charge in [-0.2, -0.15) is 10.2 Å². The molecule has 8 nitrogen and oxygen atoms in total. The number of nitrogens with zero attached hydrogens (tertiary/aromatic N) is 4. The largest absolute Gasteiger partial charge is 0.357 e. The smallest absolute Gasteiger partial charge is 0.319 e. The van der Waals surface area contributed by atoms with Crippen molar-refractivity contribution in [1.82, 2.24) is 20.3 Å². The molecular weight excluding hydrogens is 409 g/mol. The number of aryl methyl sites for hydroxylation is 2. The molecular formula is C23H26FN7O. The number of anilines is 2. The van der Waals surface area contributed by atoms with Crippen molar-refractivity contribution in [3.05, 3.63) is 41.5 Å². The minimum atomic E-state index is -0.548. The number of pyridine rings is 1. The van der Waals surface area contributed by atoms with Gasteiger partial charge in [0.15, 0.2) is 5.65 Å². The number of hydrogen-bond donors (Lipinski definition) is 3. The van der Waals surface area contributed by atoms with Crippen molar-refractivity contribution >= 4 is 28.7 Å². The second-order valence-corrected chi connectivity index (χ2v) is 8.25. The maximum Gasteiger partial charge on any atom is 0.319 e. The fraction of sp³-hybridized carbons (Fsp3) is 0.348. The fourth-order valence-corrected chi connectivity index (χ4v) is 3.22. The van der Waals surface area contributed by atoms with Crippen molar-refractivity contribution in [1.29, 1.82) is 5.26 Å². The third-order valence-corrected chi connectivity index (χ3v) is 5.17. The molecule has 2 heterocycles. The summed E-state index contributed by atoms with van der Waals surface area (Å²) < 4.78 is 14.6. The summed E-state index contributed by atoms with van der Waals surface area (Å²) >= 11 is 0. The van der Waals surface area contributed by atoms with Crippen molar-refractivity contribution in [2.75, 3.05) is 24.2 Å². The highest BCUT2D eigenvalue weighted by atomic mass is 19.1. The number of hydrogen-bond acceptors (Lipinski definition) is 6. The Balaban J connectivity index is 1.88. The molecule has 2 aromatic heterocycles. The molecule has 3 aromatic rings. The highest BCUT2D eigenvalue weighted by molar-refractivity contribution is 5.91. The van der Waals surface area contributed by atoms with Crippen LogP contribution in [-0.4, -0.2) is 34.6 Å². The summed E-state index contributed by atoms with van der Waals surface area (Å²) in [6, 6.07) is 6.54. The number of benzene rings is 1. The van der Waals surface area contributed by atoms with E-state index in [0.717, 1.165) is 22.2 Å². The van der Waals surface area contributed by atoms with Gasteiger partial charge >= 0.3 is 6.03 Å². The second-order valence-electron chi connectivity index (χ2n) is 8.25. The third-order valence-electron chi connectivity index (χ3n) is 5.17. The van der Waals surface area contributed by atoms with Crippen molar-refractivity contribution in [3.63, 3.8) is 0 Å². The van der Waals surface area contributed by atoms with E-state index in [2.05, 4.69) is 37.0 Å². The Kier molecular flexibility index (Phi) is 6.53. The lowest BCUT2D eigenvalue weighted by atomic mass is 9.92. The van der Waals surface area contributed by atoms with E-state index in [1.165, 1.54) is 6.07 Å². The predicted molar refractivity (Wildman–Crippen MR) is 123 cm³/mol. The molecule has 9 heteroatoms. The summed E-state index contributed by atoms with van der Waals surface area (Å²) in [7, 11) is 1.74. The minimum absolute atomic E-state index is 0.0592. The molecule has 166 valence electrons. The summed E-state index contributed by atoms with van der Waals surface area (Å²) in [6.45, 7) is 7.55. The zero-order valence-electron chi connectivity index (χ0n) is 18.8. The van der Waals surface area contributed by atoms with Gasteiger partial charge in [-0.05, 0) is 63.4 Å². The molecule has 0 radical (unpaired) electrons. The Labute approximate surface area is 186 Å². The van der Waals surface area contributed by atoms with Crippen molar-refractivity contribution in [2.45, 2.75) is 34.1 Å². The number of nitrogens with one attached hydrogen (secondary N) is 3. The normalized spacial score (nSPS) is 11.2. The van der Waals surface area contributed by atoms with Crippen LogP contribution in [0.25, 0.3) is 22.2 Å². The van der Waals surface area contributed by atoms with Crippen LogP contribution < -0.4 is 16.0 Å². The van der Waals surface area contributed by atoms with E-state index in [1.807, 2.05) is 13.0 Å². The Bertz CT molecular complexity index is 1220. The number of halogens is 1. The number of fused-ring (bicyclic) bond motifs is 1. The van der Waals surface area contributed by atoms with Gasteiger partial charge in [0.2, 0.25) is 5.95 Å². The van der Waals surface area contributed by atoms with Crippen LogP contribution in [0, 0.1) is 36.4 Å². The first-order valence-corrected chi connectivity index (χ1v) is 10.2. The Morgan fingerprint density at radius 2 is 1.94 bits per heavy atom. The zero-order chi connectivity index (χ0) is 23.5. The molecule has 0 spiro atoms. The molecule has 0 atom stereocenters. The lowest BCUT2D eigenvalue weighted by Gasteiger charge is -2.16. The summed E-state index contributed by atoms with van der Waals surface area (Å²) in [5, 5.41) is 17.9. The van der Waals surface area contributed by atoms with Crippen LogP contribution in [0.3, 0.4) is 0 Å². The topological polar surface area (TPSA) is 116 Å². The molecule has 0 bridgehead atoms. The average molecular weight is 436 g/mol. The molecule has 1 aromatic carbocycles. The molecule has 3 N–H and O–H groups in total. The number of carbonyl (C=O) groups is 1. The third kappa shape index (κ3) is 5.09. The fourth-order valence-electron chi connectivity index (χ4n) is 3.22. The van der Waals surface area contributed by atoms with Crippen LogP contribution in [0.2, 0.25) is 0 Å². The van der Waals surface area contributed by atoms with E-state index in [4.69, 9.17) is 5.26 Å².